The third-order valence-corrected chi connectivity index (χ3v) is 3.35. The molecule has 0 atom stereocenters. The minimum atomic E-state index is 0.675. The van der Waals surface area contributed by atoms with E-state index in [1.165, 1.54) is 0 Å². The van der Waals surface area contributed by atoms with Crippen LogP contribution in [-0.4, -0.2) is 7.11 Å². The maximum atomic E-state index is 8.72. The Morgan fingerprint density at radius 3 is 2.41 bits per heavy atom. The molecule has 2 nitrogen and oxygen atoms in total. The second kappa shape index (κ2) is 5.42. The van der Waals surface area contributed by atoms with Gasteiger partial charge in [-0.2, -0.15) is 5.26 Å². The summed E-state index contributed by atoms with van der Waals surface area (Å²) in [4.78, 5) is 2.16. The maximum Gasteiger partial charge on any atom is 0.132 e. The van der Waals surface area contributed by atoms with Crippen molar-refractivity contribution in [2.45, 2.75) is 9.79 Å². The average Bonchev–Trinajstić information content (AvgIpc) is 2.40. The first-order valence-electron chi connectivity index (χ1n) is 5.14. The van der Waals surface area contributed by atoms with Gasteiger partial charge in [0.05, 0.1) is 23.6 Å². The fourth-order valence-electron chi connectivity index (χ4n) is 1.43. The highest BCUT2D eigenvalue weighted by atomic mass is 32.2. The quantitative estimate of drug-likeness (QED) is 0.821. The molecule has 0 amide bonds. The fourth-order valence-corrected chi connectivity index (χ4v) is 2.35. The summed E-state index contributed by atoms with van der Waals surface area (Å²) in [6, 6.07) is 17.5. The van der Waals surface area contributed by atoms with Crippen LogP contribution in [0.3, 0.4) is 0 Å². The van der Waals surface area contributed by atoms with E-state index in [1.807, 2.05) is 48.5 Å². The second-order valence-corrected chi connectivity index (χ2v) is 4.50. The first-order chi connectivity index (χ1) is 8.33. The highest BCUT2D eigenvalue weighted by Gasteiger charge is 2.03. The lowest BCUT2D eigenvalue weighted by Gasteiger charge is -2.07. The lowest BCUT2D eigenvalue weighted by atomic mass is 10.2. The first kappa shape index (κ1) is 11.6. The number of nitriles is 1. The molecule has 0 aliphatic heterocycles. The molecular weight excluding hydrogens is 230 g/mol. The van der Waals surface area contributed by atoms with E-state index >= 15 is 0 Å². The number of methoxy groups -OCH3 is 1. The number of ether oxygens (including phenoxy) is 1. The standard InChI is InChI=1S/C14H11NOS/c1-16-13-4-2-3-5-14(13)17-12-8-6-11(10-15)7-9-12/h2-9H,1H3. The lowest BCUT2D eigenvalue weighted by Crippen LogP contribution is -1.85. The zero-order valence-electron chi connectivity index (χ0n) is 9.38. The molecule has 2 aromatic carbocycles. The van der Waals surface area contributed by atoms with Crippen LogP contribution in [0.5, 0.6) is 5.75 Å². The summed E-state index contributed by atoms with van der Waals surface area (Å²) >= 11 is 1.62. The van der Waals surface area contributed by atoms with Crippen molar-refractivity contribution in [3.63, 3.8) is 0 Å². The summed E-state index contributed by atoms with van der Waals surface area (Å²) in [6.45, 7) is 0. The molecule has 0 radical (unpaired) electrons. The number of hydrogen-bond acceptors (Lipinski definition) is 3. The van der Waals surface area contributed by atoms with Crippen molar-refractivity contribution in [1.82, 2.24) is 0 Å². The molecular formula is C14H11NOS. The van der Waals surface area contributed by atoms with Crippen molar-refractivity contribution in [2.24, 2.45) is 0 Å². The van der Waals surface area contributed by atoms with E-state index in [4.69, 9.17) is 10.00 Å². The van der Waals surface area contributed by atoms with Crippen LogP contribution in [0.2, 0.25) is 0 Å². The van der Waals surface area contributed by atoms with Crippen LogP contribution in [-0.2, 0) is 0 Å². The molecule has 2 aromatic rings. The molecule has 84 valence electrons. The zero-order valence-corrected chi connectivity index (χ0v) is 10.2. The SMILES string of the molecule is COc1ccccc1Sc1ccc(C#N)cc1. The fraction of sp³-hybridized carbons (Fsp3) is 0.0714. The largest absolute Gasteiger partial charge is 0.496 e. The number of hydrogen-bond donors (Lipinski definition) is 0. The summed E-state index contributed by atoms with van der Waals surface area (Å²) < 4.78 is 5.29. The van der Waals surface area contributed by atoms with Crippen molar-refractivity contribution < 1.29 is 4.74 Å². The van der Waals surface area contributed by atoms with Gasteiger partial charge in [0.2, 0.25) is 0 Å². The topological polar surface area (TPSA) is 33.0 Å². The van der Waals surface area contributed by atoms with E-state index < -0.39 is 0 Å². The minimum Gasteiger partial charge on any atom is -0.496 e. The Kier molecular flexibility index (Phi) is 3.69. The molecule has 0 aliphatic carbocycles. The molecule has 0 bridgehead atoms. The third-order valence-electron chi connectivity index (χ3n) is 2.28. The van der Waals surface area contributed by atoms with Crippen LogP contribution in [0.25, 0.3) is 0 Å². The highest BCUT2D eigenvalue weighted by Crippen LogP contribution is 2.34. The van der Waals surface area contributed by atoms with E-state index in [1.54, 1.807) is 18.9 Å². The Labute approximate surface area is 105 Å². The van der Waals surface area contributed by atoms with Crippen LogP contribution in [0.4, 0.5) is 0 Å². The zero-order chi connectivity index (χ0) is 12.1. The molecule has 0 saturated carbocycles. The van der Waals surface area contributed by atoms with E-state index in [9.17, 15) is 0 Å². The van der Waals surface area contributed by atoms with Crippen molar-refractivity contribution >= 4 is 11.8 Å². The minimum absolute atomic E-state index is 0.675. The molecule has 0 unspecified atom stereocenters. The van der Waals surface area contributed by atoms with Crippen molar-refractivity contribution in [3.05, 3.63) is 54.1 Å². The normalized spacial score (nSPS) is 9.65. The van der Waals surface area contributed by atoms with E-state index in [2.05, 4.69) is 6.07 Å². The van der Waals surface area contributed by atoms with Crippen LogP contribution in [0.1, 0.15) is 5.56 Å². The van der Waals surface area contributed by atoms with Gasteiger partial charge >= 0.3 is 0 Å². The molecule has 0 fully saturated rings. The molecule has 0 heterocycles. The Balaban J connectivity index is 2.22. The van der Waals surface area contributed by atoms with E-state index in [0.717, 1.165) is 15.5 Å². The first-order valence-corrected chi connectivity index (χ1v) is 5.96. The second-order valence-electron chi connectivity index (χ2n) is 3.39. The Hall–Kier alpha value is -1.92. The lowest BCUT2D eigenvalue weighted by molar-refractivity contribution is 0.405. The Morgan fingerprint density at radius 2 is 1.76 bits per heavy atom. The predicted molar refractivity (Wildman–Crippen MR) is 68.3 cm³/mol. The van der Waals surface area contributed by atoms with Gasteiger partial charge in [-0.3, -0.25) is 0 Å². The predicted octanol–water partition coefficient (Wildman–Crippen LogP) is 3.72. The van der Waals surface area contributed by atoms with Gasteiger partial charge in [-0.05, 0) is 36.4 Å². The highest BCUT2D eigenvalue weighted by molar-refractivity contribution is 7.99. The number of rotatable bonds is 3. The smallest absolute Gasteiger partial charge is 0.132 e. The van der Waals surface area contributed by atoms with Gasteiger partial charge < -0.3 is 4.74 Å². The average molecular weight is 241 g/mol. The van der Waals surface area contributed by atoms with Gasteiger partial charge in [-0.25, -0.2) is 0 Å². The van der Waals surface area contributed by atoms with Gasteiger partial charge in [0.15, 0.2) is 0 Å². The molecule has 3 heteroatoms. The molecule has 0 N–H and O–H groups in total. The van der Waals surface area contributed by atoms with Crippen LogP contribution in [0.15, 0.2) is 58.3 Å². The summed E-state index contributed by atoms with van der Waals surface area (Å²) in [5.74, 6) is 0.863. The maximum absolute atomic E-state index is 8.72. The number of para-hydroxylation sites is 1. The molecule has 2 rings (SSSR count). The van der Waals surface area contributed by atoms with Gasteiger partial charge in [0.1, 0.15) is 5.75 Å². The van der Waals surface area contributed by atoms with Crippen molar-refractivity contribution in [3.8, 4) is 11.8 Å². The summed E-state index contributed by atoms with van der Waals surface area (Å²) in [5.41, 5.74) is 0.675. The van der Waals surface area contributed by atoms with E-state index in [-0.39, 0.29) is 0 Å². The molecule has 17 heavy (non-hydrogen) atoms. The summed E-state index contributed by atoms with van der Waals surface area (Å²) in [5, 5.41) is 8.72. The molecule has 0 spiro atoms. The van der Waals surface area contributed by atoms with E-state index in [0.29, 0.717) is 5.56 Å². The molecule has 0 aromatic heterocycles. The van der Waals surface area contributed by atoms with Gasteiger partial charge in [-0.1, -0.05) is 23.9 Å². The Bertz CT molecular complexity index is 543. The van der Waals surface area contributed by atoms with Gasteiger partial charge in [-0.15, -0.1) is 0 Å². The van der Waals surface area contributed by atoms with Crippen LogP contribution >= 0.6 is 11.8 Å². The molecule has 0 saturated heterocycles. The van der Waals surface area contributed by atoms with Crippen molar-refractivity contribution in [1.29, 1.82) is 5.26 Å². The Morgan fingerprint density at radius 1 is 1.06 bits per heavy atom. The summed E-state index contributed by atoms with van der Waals surface area (Å²) in [6.07, 6.45) is 0. The monoisotopic (exact) mass is 241 g/mol. The molecule has 0 aliphatic rings. The summed E-state index contributed by atoms with van der Waals surface area (Å²) in [7, 11) is 1.66. The van der Waals surface area contributed by atoms with Gasteiger partial charge in [0.25, 0.3) is 0 Å². The number of nitrogens with zero attached hydrogens (tertiary/aromatic N) is 1. The van der Waals surface area contributed by atoms with Crippen molar-refractivity contribution in [2.75, 3.05) is 7.11 Å². The number of benzene rings is 2. The third kappa shape index (κ3) is 2.80. The van der Waals surface area contributed by atoms with Crippen LogP contribution < -0.4 is 4.74 Å². The van der Waals surface area contributed by atoms with Crippen LogP contribution in [0, 0.1) is 11.3 Å². The van der Waals surface area contributed by atoms with Gasteiger partial charge in [0, 0.05) is 4.90 Å².